The molecule has 0 radical (unpaired) electrons. The quantitative estimate of drug-likeness (QED) is 0.520. The first-order chi connectivity index (χ1) is 6.16. The lowest BCUT2D eigenvalue weighted by Gasteiger charge is -2.03. The third-order valence-corrected chi connectivity index (χ3v) is 2.24. The molecule has 2 heteroatoms. The van der Waals surface area contributed by atoms with E-state index in [9.17, 15) is 4.79 Å². The second kappa shape index (κ2) is 4.11. The van der Waals surface area contributed by atoms with Crippen LogP contribution < -0.4 is 0 Å². The van der Waals surface area contributed by atoms with Gasteiger partial charge in [0.1, 0.15) is 0 Å². The Labute approximate surface area is 82.7 Å². The van der Waals surface area contributed by atoms with Crippen molar-refractivity contribution < 1.29 is 4.79 Å². The fourth-order valence-corrected chi connectivity index (χ4v) is 1.27. The zero-order chi connectivity index (χ0) is 9.84. The fourth-order valence-electron chi connectivity index (χ4n) is 1.10. The predicted molar refractivity (Wildman–Crippen MR) is 54.0 cm³/mol. The molecule has 0 saturated heterocycles. The molecule has 0 bridgehead atoms. The third-order valence-electron chi connectivity index (χ3n) is 1.83. The third kappa shape index (κ3) is 2.11. The average molecular weight is 193 g/mol. The van der Waals surface area contributed by atoms with Gasteiger partial charge in [-0.2, -0.15) is 0 Å². The van der Waals surface area contributed by atoms with E-state index in [2.05, 4.69) is 5.92 Å². The van der Waals surface area contributed by atoms with E-state index in [1.165, 1.54) is 0 Å². The molecule has 0 saturated carbocycles. The Morgan fingerprint density at radius 2 is 2.31 bits per heavy atom. The van der Waals surface area contributed by atoms with Gasteiger partial charge in [0.25, 0.3) is 0 Å². The van der Waals surface area contributed by atoms with Crippen molar-refractivity contribution in [3.8, 4) is 12.3 Å². The number of rotatable bonds is 2. The zero-order valence-corrected chi connectivity index (χ0v) is 8.06. The van der Waals surface area contributed by atoms with Gasteiger partial charge in [0.15, 0.2) is 5.78 Å². The van der Waals surface area contributed by atoms with Crippen LogP contribution in [0.5, 0.6) is 0 Å². The van der Waals surface area contributed by atoms with E-state index in [0.29, 0.717) is 10.6 Å². The molecule has 1 nitrogen and oxygen atoms in total. The summed E-state index contributed by atoms with van der Waals surface area (Å²) in [5.41, 5.74) is 1.41. The Hall–Kier alpha value is -1.26. The Morgan fingerprint density at radius 1 is 1.62 bits per heavy atom. The van der Waals surface area contributed by atoms with Crippen LogP contribution in [-0.2, 0) is 0 Å². The lowest BCUT2D eigenvalue weighted by molar-refractivity contribution is 0.0997. The first-order valence-electron chi connectivity index (χ1n) is 3.88. The monoisotopic (exact) mass is 192 g/mol. The molecule has 1 aromatic carbocycles. The van der Waals surface area contributed by atoms with Crippen molar-refractivity contribution in [2.24, 2.45) is 0 Å². The van der Waals surface area contributed by atoms with Crippen LogP contribution in [0.15, 0.2) is 18.2 Å². The molecule has 0 N–H and O–H groups in total. The molecular weight excluding hydrogens is 184 g/mol. The first-order valence-corrected chi connectivity index (χ1v) is 4.26. The Balaban J connectivity index is 3.09. The summed E-state index contributed by atoms with van der Waals surface area (Å²) in [5.74, 6) is 2.27. The highest BCUT2D eigenvalue weighted by atomic mass is 35.5. The Bertz CT molecular complexity index is 374. The van der Waals surface area contributed by atoms with E-state index in [1.54, 1.807) is 18.2 Å². The SMILES string of the molecule is C#CCC(=O)c1cccc(Cl)c1C. The van der Waals surface area contributed by atoms with Crippen molar-refractivity contribution in [1.82, 2.24) is 0 Å². The normalized spacial score (nSPS) is 9.31. The number of hydrogen-bond acceptors (Lipinski definition) is 1. The highest BCUT2D eigenvalue weighted by Crippen LogP contribution is 2.19. The number of ketones is 1. The summed E-state index contributed by atoms with van der Waals surface area (Å²) in [6, 6.07) is 5.24. The molecule has 1 aromatic rings. The van der Waals surface area contributed by atoms with Crippen molar-refractivity contribution in [1.29, 1.82) is 0 Å². The van der Waals surface area contributed by atoms with Gasteiger partial charge in [-0.1, -0.05) is 29.7 Å². The maximum absolute atomic E-state index is 11.4. The van der Waals surface area contributed by atoms with Crippen LogP contribution in [0, 0.1) is 19.3 Å². The average Bonchev–Trinajstić information content (AvgIpc) is 2.10. The van der Waals surface area contributed by atoms with Gasteiger partial charge in [-0.3, -0.25) is 4.79 Å². The van der Waals surface area contributed by atoms with Gasteiger partial charge in [-0.15, -0.1) is 6.42 Å². The van der Waals surface area contributed by atoms with E-state index in [4.69, 9.17) is 18.0 Å². The standard InChI is InChI=1S/C11H9ClO/c1-3-5-11(13)9-6-4-7-10(12)8(9)2/h1,4,6-7H,5H2,2H3. The van der Waals surface area contributed by atoms with Gasteiger partial charge < -0.3 is 0 Å². The number of Topliss-reactive ketones (excluding diaryl/α,β-unsaturated/α-hetero) is 1. The highest BCUT2D eigenvalue weighted by Gasteiger charge is 2.08. The summed E-state index contributed by atoms with van der Waals surface area (Å²) in [6.45, 7) is 1.81. The molecule has 0 aromatic heterocycles. The van der Waals surface area contributed by atoms with Crippen LogP contribution in [0.25, 0.3) is 0 Å². The molecule has 13 heavy (non-hydrogen) atoms. The van der Waals surface area contributed by atoms with Crippen LogP contribution in [0.1, 0.15) is 22.3 Å². The van der Waals surface area contributed by atoms with E-state index < -0.39 is 0 Å². The summed E-state index contributed by atoms with van der Waals surface area (Å²) in [5, 5.41) is 0.600. The minimum atomic E-state index is -0.0532. The molecule has 1 rings (SSSR count). The number of carbonyl (C=O) groups excluding carboxylic acids is 1. The van der Waals surface area contributed by atoms with Crippen LogP contribution in [-0.4, -0.2) is 5.78 Å². The van der Waals surface area contributed by atoms with Gasteiger partial charge >= 0.3 is 0 Å². The topological polar surface area (TPSA) is 17.1 Å². The maximum Gasteiger partial charge on any atom is 0.175 e. The number of hydrogen-bond donors (Lipinski definition) is 0. The highest BCUT2D eigenvalue weighted by molar-refractivity contribution is 6.31. The molecule has 0 aliphatic heterocycles. The minimum Gasteiger partial charge on any atom is -0.293 e. The summed E-state index contributed by atoms with van der Waals surface area (Å²) < 4.78 is 0. The predicted octanol–water partition coefficient (Wildman–Crippen LogP) is 2.85. The van der Waals surface area contributed by atoms with Crippen molar-refractivity contribution >= 4 is 17.4 Å². The number of halogens is 1. The van der Waals surface area contributed by atoms with Gasteiger partial charge in [-0.05, 0) is 18.6 Å². The molecule has 0 fully saturated rings. The lowest BCUT2D eigenvalue weighted by atomic mass is 10.0. The van der Waals surface area contributed by atoms with Crippen molar-refractivity contribution in [2.45, 2.75) is 13.3 Å². The summed E-state index contributed by atoms with van der Waals surface area (Å²) in [6.07, 6.45) is 5.18. The van der Waals surface area contributed by atoms with Crippen LogP contribution >= 0.6 is 11.6 Å². The number of benzene rings is 1. The smallest absolute Gasteiger partial charge is 0.175 e. The second-order valence-electron chi connectivity index (χ2n) is 2.72. The number of terminal acetylenes is 1. The van der Waals surface area contributed by atoms with Gasteiger partial charge in [0, 0.05) is 10.6 Å². The van der Waals surface area contributed by atoms with Crippen LogP contribution in [0.2, 0.25) is 5.02 Å². The molecule has 66 valence electrons. The zero-order valence-electron chi connectivity index (χ0n) is 7.30. The minimum absolute atomic E-state index is 0.0532. The molecular formula is C11H9ClO. The van der Waals surface area contributed by atoms with Crippen LogP contribution in [0.4, 0.5) is 0 Å². The Kier molecular flexibility index (Phi) is 3.11. The van der Waals surface area contributed by atoms with E-state index >= 15 is 0 Å². The van der Waals surface area contributed by atoms with Crippen LogP contribution in [0.3, 0.4) is 0 Å². The Morgan fingerprint density at radius 3 is 2.92 bits per heavy atom. The summed E-state index contributed by atoms with van der Waals surface area (Å²) >= 11 is 5.85. The maximum atomic E-state index is 11.4. The molecule has 0 unspecified atom stereocenters. The van der Waals surface area contributed by atoms with Crippen molar-refractivity contribution in [2.75, 3.05) is 0 Å². The van der Waals surface area contributed by atoms with Crippen molar-refractivity contribution in [3.63, 3.8) is 0 Å². The van der Waals surface area contributed by atoms with Gasteiger partial charge in [0.05, 0.1) is 6.42 Å². The first kappa shape index (κ1) is 9.83. The second-order valence-corrected chi connectivity index (χ2v) is 3.12. The lowest BCUT2D eigenvalue weighted by Crippen LogP contribution is -2.00. The molecule has 0 aliphatic rings. The van der Waals surface area contributed by atoms with E-state index in [0.717, 1.165) is 5.56 Å². The molecule has 0 heterocycles. The number of carbonyl (C=O) groups is 1. The van der Waals surface area contributed by atoms with E-state index in [1.807, 2.05) is 6.92 Å². The summed E-state index contributed by atoms with van der Waals surface area (Å²) in [4.78, 5) is 11.4. The van der Waals surface area contributed by atoms with Gasteiger partial charge in [-0.25, -0.2) is 0 Å². The molecule has 0 aliphatic carbocycles. The fraction of sp³-hybridized carbons (Fsp3) is 0.182. The molecule has 0 spiro atoms. The largest absolute Gasteiger partial charge is 0.293 e. The summed E-state index contributed by atoms with van der Waals surface area (Å²) in [7, 11) is 0. The van der Waals surface area contributed by atoms with Gasteiger partial charge in [0.2, 0.25) is 0 Å². The van der Waals surface area contributed by atoms with E-state index in [-0.39, 0.29) is 12.2 Å². The molecule has 0 atom stereocenters. The van der Waals surface area contributed by atoms with Crippen molar-refractivity contribution in [3.05, 3.63) is 34.3 Å². The molecule has 0 amide bonds.